The highest BCUT2D eigenvalue weighted by atomic mass is 19.3. The Morgan fingerprint density at radius 3 is 2.45 bits per heavy atom. The number of ether oxygens (including phenoxy) is 3. The molecule has 0 saturated carbocycles. The molecule has 0 aliphatic rings. The minimum absolute atomic E-state index is 0.203. The molecule has 33 heavy (non-hydrogen) atoms. The van der Waals surface area contributed by atoms with Gasteiger partial charge in [-0.3, -0.25) is 0 Å². The molecule has 2 aromatic carbocycles. The Hall–Kier alpha value is -3.26. The molecular weight excluding hydrogens is 435 g/mol. The average molecular weight is 461 g/mol. The lowest BCUT2D eigenvalue weighted by Crippen LogP contribution is -2.16. The second-order valence-electron chi connectivity index (χ2n) is 7.48. The maximum absolute atomic E-state index is 13.8. The molecule has 1 aromatic heterocycles. The summed E-state index contributed by atoms with van der Waals surface area (Å²) < 4.78 is 57.0. The highest BCUT2D eigenvalue weighted by Gasteiger charge is 2.24. The molecule has 0 aliphatic carbocycles. The van der Waals surface area contributed by atoms with Crippen molar-refractivity contribution in [3.63, 3.8) is 0 Å². The number of carbonyl (C=O) groups excluding carboxylic acids is 1. The van der Waals surface area contributed by atoms with Crippen molar-refractivity contribution in [1.29, 1.82) is 0 Å². The van der Waals surface area contributed by atoms with E-state index in [1.165, 1.54) is 13.2 Å². The Balaban J connectivity index is 2.02. The molecule has 3 rings (SSSR count). The van der Waals surface area contributed by atoms with Crippen molar-refractivity contribution in [2.45, 2.75) is 46.0 Å². The molecule has 0 fully saturated rings. The summed E-state index contributed by atoms with van der Waals surface area (Å²) >= 11 is 0. The van der Waals surface area contributed by atoms with Gasteiger partial charge in [-0.2, -0.15) is 8.78 Å². The minimum Gasteiger partial charge on any atom is -0.465 e. The molecule has 0 spiro atoms. The van der Waals surface area contributed by atoms with E-state index in [0.29, 0.717) is 36.4 Å². The van der Waals surface area contributed by atoms with Gasteiger partial charge in [0, 0.05) is 23.9 Å². The van der Waals surface area contributed by atoms with E-state index in [9.17, 15) is 18.0 Å². The van der Waals surface area contributed by atoms with Crippen LogP contribution in [0.5, 0.6) is 5.75 Å². The van der Waals surface area contributed by atoms with E-state index in [-0.39, 0.29) is 17.5 Å². The van der Waals surface area contributed by atoms with Gasteiger partial charge in [-0.05, 0) is 37.1 Å². The van der Waals surface area contributed by atoms with Gasteiger partial charge in [-0.25, -0.2) is 9.18 Å². The zero-order chi connectivity index (χ0) is 24.0. The van der Waals surface area contributed by atoms with Crippen LogP contribution in [0.3, 0.4) is 0 Å². The van der Waals surface area contributed by atoms with E-state index < -0.39 is 18.4 Å². The third-order valence-electron chi connectivity index (χ3n) is 5.17. The van der Waals surface area contributed by atoms with Crippen LogP contribution in [0.25, 0.3) is 5.69 Å². The van der Waals surface area contributed by atoms with Crippen molar-refractivity contribution in [1.82, 2.24) is 4.57 Å². The summed E-state index contributed by atoms with van der Waals surface area (Å²) in [5.41, 5.74) is 2.68. The van der Waals surface area contributed by atoms with Gasteiger partial charge in [0.15, 0.2) is 5.75 Å². The molecule has 0 amide bonds. The molecule has 176 valence electrons. The predicted octanol–water partition coefficient (Wildman–Crippen LogP) is 5.71. The van der Waals surface area contributed by atoms with E-state index in [2.05, 4.69) is 4.74 Å². The molecule has 8 heteroatoms. The van der Waals surface area contributed by atoms with Crippen LogP contribution in [-0.4, -0.2) is 30.4 Å². The number of esters is 1. The van der Waals surface area contributed by atoms with Crippen LogP contribution in [0, 0.1) is 5.82 Å². The van der Waals surface area contributed by atoms with Gasteiger partial charge in [-0.1, -0.05) is 37.3 Å². The molecule has 0 aliphatic heterocycles. The number of hydrogen-bond acceptors (Lipinski definition) is 4. The molecule has 0 saturated heterocycles. The number of aromatic nitrogens is 1. The summed E-state index contributed by atoms with van der Waals surface area (Å²) in [6, 6.07) is 14.7. The fourth-order valence-corrected chi connectivity index (χ4v) is 3.72. The molecule has 0 bridgehead atoms. The van der Waals surface area contributed by atoms with E-state index in [1.807, 2.05) is 44.2 Å². The Morgan fingerprint density at radius 1 is 1.09 bits per heavy atom. The monoisotopic (exact) mass is 461 g/mol. The van der Waals surface area contributed by atoms with Crippen molar-refractivity contribution in [2.24, 2.45) is 0 Å². The van der Waals surface area contributed by atoms with E-state index in [4.69, 9.17) is 9.47 Å². The third-order valence-corrected chi connectivity index (χ3v) is 5.17. The van der Waals surface area contributed by atoms with E-state index in [1.54, 1.807) is 10.6 Å². The van der Waals surface area contributed by atoms with Gasteiger partial charge in [0.25, 0.3) is 0 Å². The summed E-state index contributed by atoms with van der Waals surface area (Å²) in [5, 5.41) is 0. The van der Waals surface area contributed by atoms with Crippen LogP contribution in [-0.2, 0) is 28.9 Å². The van der Waals surface area contributed by atoms with E-state index in [0.717, 1.165) is 17.7 Å². The van der Waals surface area contributed by atoms with Crippen LogP contribution in [0.4, 0.5) is 13.2 Å². The smallest absolute Gasteiger partial charge is 0.387 e. The number of alkyl halides is 2. The quantitative estimate of drug-likeness (QED) is 0.363. The lowest BCUT2D eigenvalue weighted by Gasteiger charge is -2.19. The van der Waals surface area contributed by atoms with Gasteiger partial charge < -0.3 is 18.8 Å². The zero-order valence-corrected chi connectivity index (χ0v) is 18.7. The second-order valence-corrected chi connectivity index (χ2v) is 7.48. The van der Waals surface area contributed by atoms with Crippen LogP contribution >= 0.6 is 0 Å². The summed E-state index contributed by atoms with van der Waals surface area (Å²) in [6.07, 6.45) is 0.492. The molecule has 3 aromatic rings. The van der Waals surface area contributed by atoms with Gasteiger partial charge in [0.1, 0.15) is 5.82 Å². The second kappa shape index (κ2) is 11.0. The van der Waals surface area contributed by atoms with Crippen LogP contribution in [0.15, 0.2) is 54.6 Å². The number of carbonyl (C=O) groups is 1. The summed E-state index contributed by atoms with van der Waals surface area (Å²) in [4.78, 5) is 12.4. The highest BCUT2D eigenvalue weighted by Crippen LogP contribution is 2.32. The van der Waals surface area contributed by atoms with E-state index >= 15 is 0 Å². The fourth-order valence-electron chi connectivity index (χ4n) is 3.72. The van der Waals surface area contributed by atoms with Crippen molar-refractivity contribution in [3.05, 3.63) is 82.9 Å². The lowest BCUT2D eigenvalue weighted by molar-refractivity contribution is -0.0500. The first kappa shape index (κ1) is 24.4. The Morgan fingerprint density at radius 2 is 1.82 bits per heavy atom. The third kappa shape index (κ3) is 5.96. The fraction of sp³-hybridized carbons (Fsp3) is 0.320. The number of benzene rings is 2. The van der Waals surface area contributed by atoms with Crippen molar-refractivity contribution in [3.8, 4) is 11.4 Å². The number of halogens is 3. The standard InChI is InChI=1S/C25H26F3NO4/c1-4-21-20(24(30)31-3)14-19(12-16(2)32-15-17-8-6-5-7-9-17)29(21)22-11-10-18(26)13-23(22)33-25(27)28/h5-11,13-14,16,25H,4,12,15H2,1-3H3/t16-/m0/s1. The predicted molar refractivity (Wildman–Crippen MR) is 117 cm³/mol. The molecule has 1 atom stereocenters. The summed E-state index contributed by atoms with van der Waals surface area (Å²) in [5.74, 6) is -1.59. The number of rotatable bonds is 10. The minimum atomic E-state index is -3.14. The van der Waals surface area contributed by atoms with Gasteiger partial charge >= 0.3 is 12.6 Å². The van der Waals surface area contributed by atoms with Gasteiger partial charge in [0.2, 0.25) is 0 Å². The number of nitrogens with zero attached hydrogens (tertiary/aromatic N) is 1. The highest BCUT2D eigenvalue weighted by molar-refractivity contribution is 5.91. The van der Waals surface area contributed by atoms with Crippen molar-refractivity contribution < 1.29 is 32.2 Å². The zero-order valence-electron chi connectivity index (χ0n) is 18.7. The Bertz CT molecular complexity index is 1080. The van der Waals surface area contributed by atoms with Crippen LogP contribution < -0.4 is 4.74 Å². The maximum Gasteiger partial charge on any atom is 0.387 e. The largest absolute Gasteiger partial charge is 0.465 e. The topological polar surface area (TPSA) is 49.7 Å². The lowest BCUT2D eigenvalue weighted by atomic mass is 10.1. The molecule has 0 radical (unpaired) electrons. The first-order chi connectivity index (χ1) is 15.8. The molecule has 0 N–H and O–H groups in total. The molecule has 0 unspecified atom stereocenters. The molecule has 5 nitrogen and oxygen atoms in total. The average Bonchev–Trinajstić information content (AvgIpc) is 3.15. The summed E-state index contributed by atoms with van der Waals surface area (Å²) in [6.45, 7) is 0.964. The van der Waals surface area contributed by atoms with Crippen molar-refractivity contribution >= 4 is 5.97 Å². The molecular formula is C25H26F3NO4. The number of hydrogen-bond donors (Lipinski definition) is 0. The Kier molecular flexibility index (Phi) is 8.16. The molecule has 1 heterocycles. The van der Waals surface area contributed by atoms with Gasteiger partial charge in [0.05, 0.1) is 31.1 Å². The van der Waals surface area contributed by atoms with Crippen LogP contribution in [0.2, 0.25) is 0 Å². The van der Waals surface area contributed by atoms with Crippen molar-refractivity contribution in [2.75, 3.05) is 7.11 Å². The van der Waals surface area contributed by atoms with Crippen LogP contribution in [0.1, 0.15) is 41.2 Å². The SMILES string of the molecule is CCc1c(C(=O)OC)cc(C[C@H](C)OCc2ccccc2)n1-c1ccc(F)cc1OC(F)F. The Labute approximate surface area is 190 Å². The normalized spacial score (nSPS) is 12.1. The first-order valence-corrected chi connectivity index (χ1v) is 10.6. The number of methoxy groups -OCH3 is 1. The summed E-state index contributed by atoms with van der Waals surface area (Å²) in [7, 11) is 1.27. The van der Waals surface area contributed by atoms with Gasteiger partial charge in [-0.15, -0.1) is 0 Å². The first-order valence-electron chi connectivity index (χ1n) is 10.6. The maximum atomic E-state index is 13.8.